The van der Waals surface area contributed by atoms with E-state index in [-0.39, 0.29) is 11.4 Å². The van der Waals surface area contributed by atoms with Gasteiger partial charge in [-0.15, -0.1) is 0 Å². The van der Waals surface area contributed by atoms with E-state index in [4.69, 9.17) is 4.74 Å². The Morgan fingerprint density at radius 2 is 1.79 bits per heavy atom. The average Bonchev–Trinajstić information content (AvgIpc) is 2.55. The minimum Gasteiger partial charge on any atom is -0.497 e. The summed E-state index contributed by atoms with van der Waals surface area (Å²) in [5.41, 5.74) is 2.10. The van der Waals surface area contributed by atoms with Gasteiger partial charge in [-0.05, 0) is 49.2 Å². The monoisotopic (exact) mass is 348 g/mol. The highest BCUT2D eigenvalue weighted by molar-refractivity contribution is 7.89. The van der Waals surface area contributed by atoms with E-state index < -0.39 is 15.9 Å². The lowest BCUT2D eigenvalue weighted by atomic mass is 10.2. The molecule has 0 aromatic heterocycles. The number of aryl methyl sites for hydroxylation is 2. The number of sulfonamides is 1. The van der Waals surface area contributed by atoms with Crippen LogP contribution in [-0.4, -0.2) is 28.0 Å². The summed E-state index contributed by atoms with van der Waals surface area (Å²) in [5.74, 6) is 0.141. The summed E-state index contributed by atoms with van der Waals surface area (Å²) in [6, 6.07) is 11.9. The van der Waals surface area contributed by atoms with Crippen LogP contribution in [0, 0.1) is 13.8 Å². The van der Waals surface area contributed by atoms with Crippen LogP contribution in [0.1, 0.15) is 11.1 Å². The number of amides is 1. The Hall–Kier alpha value is -2.38. The smallest absolute Gasteiger partial charge is 0.241 e. The van der Waals surface area contributed by atoms with Crippen LogP contribution in [0.4, 0.5) is 5.69 Å². The zero-order valence-electron chi connectivity index (χ0n) is 13.8. The SMILES string of the molecule is COc1ccc(S(=O)(=O)NCC(=O)Nc2ccccc2C)c(C)c1. The number of methoxy groups -OCH3 is 1. The first-order valence-electron chi connectivity index (χ1n) is 7.33. The predicted molar refractivity (Wildman–Crippen MR) is 92.7 cm³/mol. The lowest BCUT2D eigenvalue weighted by Gasteiger charge is -2.11. The molecular formula is C17H20N2O4S. The van der Waals surface area contributed by atoms with E-state index in [0.29, 0.717) is 17.0 Å². The molecule has 6 nitrogen and oxygen atoms in total. The molecule has 24 heavy (non-hydrogen) atoms. The van der Waals surface area contributed by atoms with Gasteiger partial charge in [0.15, 0.2) is 0 Å². The number of carbonyl (C=O) groups is 1. The standard InChI is InChI=1S/C17H20N2O4S/c1-12-6-4-5-7-15(12)19-17(20)11-18-24(21,22)16-9-8-14(23-3)10-13(16)2/h4-10,18H,11H2,1-3H3,(H,19,20). The molecule has 7 heteroatoms. The average molecular weight is 348 g/mol. The molecule has 0 fully saturated rings. The Bertz CT molecular complexity index is 847. The van der Waals surface area contributed by atoms with E-state index in [1.165, 1.54) is 13.2 Å². The molecule has 2 aromatic carbocycles. The maximum Gasteiger partial charge on any atom is 0.241 e. The van der Waals surface area contributed by atoms with Crippen molar-refractivity contribution in [3.8, 4) is 5.75 Å². The summed E-state index contributed by atoms with van der Waals surface area (Å²) in [7, 11) is -2.27. The Kier molecular flexibility index (Phi) is 5.58. The maximum atomic E-state index is 12.3. The highest BCUT2D eigenvalue weighted by Crippen LogP contribution is 2.20. The van der Waals surface area contributed by atoms with Crippen molar-refractivity contribution in [2.75, 3.05) is 19.0 Å². The van der Waals surface area contributed by atoms with Gasteiger partial charge in [-0.2, -0.15) is 0 Å². The number of para-hydroxylation sites is 1. The minimum absolute atomic E-state index is 0.118. The van der Waals surface area contributed by atoms with Gasteiger partial charge in [0, 0.05) is 5.69 Å². The largest absolute Gasteiger partial charge is 0.497 e. The van der Waals surface area contributed by atoms with E-state index >= 15 is 0 Å². The number of anilines is 1. The maximum absolute atomic E-state index is 12.3. The van der Waals surface area contributed by atoms with Crippen molar-refractivity contribution >= 4 is 21.6 Å². The van der Waals surface area contributed by atoms with E-state index in [9.17, 15) is 13.2 Å². The van der Waals surface area contributed by atoms with Crippen molar-refractivity contribution in [2.45, 2.75) is 18.7 Å². The lowest BCUT2D eigenvalue weighted by molar-refractivity contribution is -0.115. The molecule has 1 amide bonds. The second kappa shape index (κ2) is 7.46. The molecule has 0 unspecified atom stereocenters. The van der Waals surface area contributed by atoms with Crippen LogP contribution in [0.25, 0.3) is 0 Å². The van der Waals surface area contributed by atoms with Gasteiger partial charge in [0.05, 0.1) is 18.6 Å². The normalized spacial score (nSPS) is 11.1. The summed E-state index contributed by atoms with van der Waals surface area (Å²) >= 11 is 0. The highest BCUT2D eigenvalue weighted by Gasteiger charge is 2.18. The molecule has 128 valence electrons. The third-order valence-electron chi connectivity index (χ3n) is 3.51. The van der Waals surface area contributed by atoms with Crippen LogP contribution in [0.3, 0.4) is 0 Å². The molecule has 2 rings (SSSR count). The molecule has 2 N–H and O–H groups in total. The first-order chi connectivity index (χ1) is 11.3. The van der Waals surface area contributed by atoms with Crippen molar-refractivity contribution in [3.63, 3.8) is 0 Å². The highest BCUT2D eigenvalue weighted by atomic mass is 32.2. The second-order valence-electron chi connectivity index (χ2n) is 5.32. The molecule has 0 spiro atoms. The van der Waals surface area contributed by atoms with Gasteiger partial charge in [0.1, 0.15) is 5.75 Å². The quantitative estimate of drug-likeness (QED) is 0.838. The Morgan fingerprint density at radius 1 is 1.08 bits per heavy atom. The predicted octanol–water partition coefficient (Wildman–Crippen LogP) is 2.23. The van der Waals surface area contributed by atoms with Gasteiger partial charge in [0.2, 0.25) is 15.9 Å². The van der Waals surface area contributed by atoms with Crippen molar-refractivity contribution < 1.29 is 17.9 Å². The number of carbonyl (C=O) groups excluding carboxylic acids is 1. The number of nitrogens with one attached hydrogen (secondary N) is 2. The molecule has 0 bridgehead atoms. The van der Waals surface area contributed by atoms with Crippen molar-refractivity contribution in [1.82, 2.24) is 4.72 Å². The van der Waals surface area contributed by atoms with Crippen LogP contribution in [0.5, 0.6) is 5.75 Å². The Balaban J connectivity index is 2.05. The second-order valence-corrected chi connectivity index (χ2v) is 7.05. The first kappa shape index (κ1) is 18.0. The van der Waals surface area contributed by atoms with Crippen molar-refractivity contribution in [3.05, 3.63) is 53.6 Å². The van der Waals surface area contributed by atoms with Gasteiger partial charge in [-0.1, -0.05) is 18.2 Å². The summed E-state index contributed by atoms with van der Waals surface area (Å²) in [6.45, 7) is 3.19. The van der Waals surface area contributed by atoms with Gasteiger partial charge in [-0.3, -0.25) is 4.79 Å². The summed E-state index contributed by atoms with van der Waals surface area (Å²) in [4.78, 5) is 12.1. The number of hydrogen-bond donors (Lipinski definition) is 2. The van der Waals surface area contributed by atoms with E-state index in [1.807, 2.05) is 19.1 Å². The van der Waals surface area contributed by atoms with Gasteiger partial charge in [0.25, 0.3) is 0 Å². The number of hydrogen-bond acceptors (Lipinski definition) is 4. The lowest BCUT2D eigenvalue weighted by Crippen LogP contribution is -2.33. The number of rotatable bonds is 6. The minimum atomic E-state index is -3.78. The molecule has 0 saturated carbocycles. The first-order valence-corrected chi connectivity index (χ1v) is 8.81. The third kappa shape index (κ3) is 4.33. The fourth-order valence-electron chi connectivity index (χ4n) is 2.20. The van der Waals surface area contributed by atoms with Gasteiger partial charge in [-0.25, -0.2) is 13.1 Å². The third-order valence-corrected chi connectivity index (χ3v) is 5.07. The Morgan fingerprint density at radius 3 is 2.42 bits per heavy atom. The number of ether oxygens (including phenoxy) is 1. The fraction of sp³-hybridized carbons (Fsp3) is 0.235. The van der Waals surface area contributed by atoms with Gasteiger partial charge >= 0.3 is 0 Å². The van der Waals surface area contributed by atoms with Crippen molar-refractivity contribution in [1.29, 1.82) is 0 Å². The molecule has 0 atom stereocenters. The molecule has 0 heterocycles. The molecule has 0 aliphatic rings. The zero-order valence-corrected chi connectivity index (χ0v) is 14.6. The van der Waals surface area contributed by atoms with E-state index in [2.05, 4.69) is 10.0 Å². The van der Waals surface area contributed by atoms with Crippen LogP contribution in [0.2, 0.25) is 0 Å². The summed E-state index contributed by atoms with van der Waals surface area (Å²) in [6.07, 6.45) is 0. The molecular weight excluding hydrogens is 328 g/mol. The molecule has 0 aliphatic carbocycles. The van der Waals surface area contributed by atoms with Gasteiger partial charge < -0.3 is 10.1 Å². The molecule has 0 radical (unpaired) electrons. The van der Waals surface area contributed by atoms with E-state index in [1.54, 1.807) is 31.2 Å². The summed E-state index contributed by atoms with van der Waals surface area (Å²) in [5, 5.41) is 2.68. The molecule has 0 aliphatic heterocycles. The summed E-state index contributed by atoms with van der Waals surface area (Å²) < 4.78 is 32.1. The number of benzene rings is 2. The van der Waals surface area contributed by atoms with Crippen LogP contribution in [0.15, 0.2) is 47.4 Å². The van der Waals surface area contributed by atoms with Crippen molar-refractivity contribution in [2.24, 2.45) is 0 Å². The Labute approximate surface area is 141 Å². The topological polar surface area (TPSA) is 84.5 Å². The van der Waals surface area contributed by atoms with Crippen LogP contribution < -0.4 is 14.8 Å². The molecule has 2 aromatic rings. The van der Waals surface area contributed by atoms with E-state index in [0.717, 1.165) is 5.56 Å². The van der Waals surface area contributed by atoms with Crippen LogP contribution >= 0.6 is 0 Å². The fourth-order valence-corrected chi connectivity index (χ4v) is 3.40. The van der Waals surface area contributed by atoms with Crippen LogP contribution in [-0.2, 0) is 14.8 Å². The zero-order chi connectivity index (χ0) is 17.7. The molecule has 0 saturated heterocycles.